The van der Waals surface area contributed by atoms with E-state index in [0.29, 0.717) is 24.4 Å². The Hall–Kier alpha value is -3.38. The summed E-state index contributed by atoms with van der Waals surface area (Å²) < 4.78 is 5.84. The Morgan fingerprint density at radius 1 is 1.21 bits per heavy atom. The lowest BCUT2D eigenvalue weighted by Gasteiger charge is -2.33. The summed E-state index contributed by atoms with van der Waals surface area (Å²) in [6.07, 6.45) is 6.11. The van der Waals surface area contributed by atoms with Gasteiger partial charge in [0.2, 0.25) is 5.91 Å². The number of para-hydroxylation sites is 2. The molecule has 6 heteroatoms. The summed E-state index contributed by atoms with van der Waals surface area (Å²) >= 11 is 0. The van der Waals surface area contributed by atoms with Crippen LogP contribution in [0, 0.1) is 17.8 Å². The van der Waals surface area contributed by atoms with Crippen molar-refractivity contribution in [1.82, 2.24) is 9.88 Å². The Balaban J connectivity index is 1.22. The number of aromatic nitrogens is 1. The van der Waals surface area contributed by atoms with Crippen molar-refractivity contribution in [3.8, 4) is 0 Å². The first-order chi connectivity index (χ1) is 16.6. The van der Waals surface area contributed by atoms with Crippen LogP contribution in [0.3, 0.4) is 0 Å². The van der Waals surface area contributed by atoms with Crippen molar-refractivity contribution in [2.75, 3.05) is 18.4 Å². The highest BCUT2D eigenvalue weighted by Gasteiger charge is 2.54. The number of fused-ring (bicyclic) bond motifs is 2. The highest BCUT2D eigenvalue weighted by atomic mass is 16.4. The lowest BCUT2D eigenvalue weighted by atomic mass is 9.82. The van der Waals surface area contributed by atoms with Crippen LogP contribution in [0.25, 0.3) is 16.7 Å². The first kappa shape index (κ1) is 21.2. The van der Waals surface area contributed by atoms with E-state index in [-0.39, 0.29) is 24.5 Å². The molecule has 1 saturated carbocycles. The van der Waals surface area contributed by atoms with Crippen LogP contribution in [0.1, 0.15) is 30.9 Å². The van der Waals surface area contributed by atoms with Gasteiger partial charge in [0.1, 0.15) is 5.52 Å². The highest BCUT2D eigenvalue weighted by molar-refractivity contribution is 5.94. The van der Waals surface area contributed by atoms with E-state index in [9.17, 15) is 9.90 Å². The van der Waals surface area contributed by atoms with Crippen molar-refractivity contribution in [3.05, 3.63) is 77.4 Å². The number of amides is 1. The second-order valence-corrected chi connectivity index (χ2v) is 9.84. The molecule has 2 aliphatic carbocycles. The monoisotopic (exact) mass is 455 g/mol. The number of likely N-dealkylation sites (tertiary alicyclic amines) is 1. The van der Waals surface area contributed by atoms with E-state index < -0.39 is 0 Å². The van der Waals surface area contributed by atoms with Crippen molar-refractivity contribution < 1.29 is 14.3 Å². The summed E-state index contributed by atoms with van der Waals surface area (Å²) in [5.41, 5.74) is 5.72. The van der Waals surface area contributed by atoms with Crippen LogP contribution in [0.15, 0.2) is 70.7 Å². The second-order valence-electron chi connectivity index (χ2n) is 9.84. The Kier molecular flexibility index (Phi) is 5.26. The molecular weight excluding hydrogens is 426 g/mol. The van der Waals surface area contributed by atoms with Gasteiger partial charge in [0.15, 0.2) is 5.58 Å². The van der Waals surface area contributed by atoms with Gasteiger partial charge in [0, 0.05) is 13.1 Å². The van der Waals surface area contributed by atoms with Crippen LogP contribution < -0.4 is 5.32 Å². The number of nitrogens with one attached hydrogen (secondary N) is 1. The lowest BCUT2D eigenvalue weighted by molar-refractivity contribution is -0.135. The summed E-state index contributed by atoms with van der Waals surface area (Å²) in [7, 11) is 0. The molecule has 4 unspecified atom stereocenters. The molecule has 1 aromatic heterocycles. The number of nitrogens with zero attached hydrogens (tertiary/aromatic N) is 2. The van der Waals surface area contributed by atoms with Crippen molar-refractivity contribution in [2.45, 2.75) is 32.4 Å². The van der Waals surface area contributed by atoms with Crippen molar-refractivity contribution in [2.24, 2.45) is 17.8 Å². The first-order valence-electron chi connectivity index (χ1n) is 12.1. The zero-order chi connectivity index (χ0) is 23.2. The summed E-state index contributed by atoms with van der Waals surface area (Å²) in [5, 5.41) is 13.0. The molecule has 1 amide bonds. The minimum Gasteiger partial charge on any atom is -0.424 e. The highest BCUT2D eigenvalue weighted by Crippen LogP contribution is 2.50. The molecule has 6 rings (SSSR count). The second kappa shape index (κ2) is 8.44. The zero-order valence-corrected chi connectivity index (χ0v) is 19.3. The topological polar surface area (TPSA) is 78.6 Å². The number of allylic oxidation sites excluding steroid dienone is 3. The Morgan fingerprint density at radius 3 is 2.94 bits per heavy atom. The van der Waals surface area contributed by atoms with E-state index in [1.165, 1.54) is 12.0 Å². The zero-order valence-electron chi connectivity index (χ0n) is 19.3. The molecule has 3 aromatic rings. The fourth-order valence-electron chi connectivity index (χ4n) is 5.64. The molecule has 174 valence electrons. The molecule has 0 radical (unpaired) electrons. The predicted molar refractivity (Wildman–Crippen MR) is 132 cm³/mol. The molecule has 2 fully saturated rings. The smallest absolute Gasteiger partial charge is 0.295 e. The van der Waals surface area contributed by atoms with Gasteiger partial charge in [-0.1, -0.05) is 48.1 Å². The van der Waals surface area contributed by atoms with E-state index in [1.54, 1.807) is 0 Å². The average Bonchev–Trinajstić information content (AvgIpc) is 3.35. The van der Waals surface area contributed by atoms with Crippen LogP contribution in [0.4, 0.5) is 6.01 Å². The largest absolute Gasteiger partial charge is 0.424 e. The maximum absolute atomic E-state index is 14.0. The Labute approximate surface area is 199 Å². The van der Waals surface area contributed by atoms with Gasteiger partial charge >= 0.3 is 0 Å². The van der Waals surface area contributed by atoms with E-state index in [0.717, 1.165) is 40.8 Å². The van der Waals surface area contributed by atoms with E-state index in [1.807, 2.05) is 48.5 Å². The third-order valence-electron chi connectivity index (χ3n) is 7.53. The quantitative estimate of drug-likeness (QED) is 0.567. The molecule has 0 spiro atoms. The molecule has 4 atom stereocenters. The predicted octanol–water partition coefficient (Wildman–Crippen LogP) is 4.63. The fraction of sp³-hybridized carbons (Fsp3) is 0.357. The van der Waals surface area contributed by atoms with Crippen molar-refractivity contribution in [3.63, 3.8) is 0 Å². The number of oxazole rings is 1. The Bertz CT molecular complexity index is 1270. The molecule has 2 N–H and O–H groups in total. The van der Waals surface area contributed by atoms with Crippen LogP contribution in [0.2, 0.25) is 0 Å². The summed E-state index contributed by atoms with van der Waals surface area (Å²) in [6.45, 7) is 3.55. The third kappa shape index (κ3) is 3.82. The summed E-state index contributed by atoms with van der Waals surface area (Å²) in [6, 6.07) is 16.3. The van der Waals surface area contributed by atoms with Gasteiger partial charge in [-0.25, -0.2) is 0 Å². The van der Waals surface area contributed by atoms with Crippen LogP contribution in [-0.4, -0.2) is 40.0 Å². The molecule has 34 heavy (non-hydrogen) atoms. The van der Waals surface area contributed by atoms with Crippen molar-refractivity contribution >= 4 is 28.6 Å². The molecule has 1 saturated heterocycles. The molecule has 2 aromatic carbocycles. The number of aliphatic hydroxyl groups excluding tert-OH is 1. The van der Waals surface area contributed by atoms with E-state index in [4.69, 9.17) is 4.42 Å². The van der Waals surface area contributed by atoms with Gasteiger partial charge in [0.05, 0.1) is 18.6 Å². The number of hydrogen-bond acceptors (Lipinski definition) is 5. The molecule has 0 bridgehead atoms. The molecular formula is C28H29N3O3. The minimum atomic E-state index is -0.205. The average molecular weight is 456 g/mol. The van der Waals surface area contributed by atoms with E-state index in [2.05, 4.69) is 34.3 Å². The third-order valence-corrected chi connectivity index (χ3v) is 7.53. The van der Waals surface area contributed by atoms with Gasteiger partial charge in [-0.2, -0.15) is 4.98 Å². The van der Waals surface area contributed by atoms with Crippen molar-refractivity contribution in [1.29, 1.82) is 0 Å². The van der Waals surface area contributed by atoms with Crippen LogP contribution >= 0.6 is 0 Å². The standard InChI is InChI=1S/C28H29N3O3/c1-17-9-10-21(19-6-4-5-18(12-19)16-32)23(11-17)27(33)31-15-20-13-22(20)25(31)14-29-28-30-24-7-2-3-8-26(24)34-28/h2-10,12,20,22-23,25,32H,11,13-16H2,1H3,(H,29,30). The number of piperidine rings is 1. The number of carbonyl (C=O) groups is 1. The minimum absolute atomic E-state index is 0.00630. The van der Waals surface area contributed by atoms with Crippen LogP contribution in [-0.2, 0) is 11.4 Å². The SMILES string of the molecule is CC1=CC=C(c2cccc(CO)c2)C(C(=O)N2CC3CC3C2CNc2nc3ccccc3o2)C1. The normalized spacial score (nSPS) is 25.6. The lowest BCUT2D eigenvalue weighted by Crippen LogP contribution is -2.45. The number of benzene rings is 2. The number of carbonyl (C=O) groups excluding carboxylic acids is 1. The summed E-state index contributed by atoms with van der Waals surface area (Å²) in [4.78, 5) is 20.6. The maximum atomic E-state index is 14.0. The van der Waals surface area contributed by atoms with Crippen LogP contribution in [0.5, 0.6) is 0 Å². The number of hydrogen-bond donors (Lipinski definition) is 2. The first-order valence-corrected chi connectivity index (χ1v) is 12.1. The maximum Gasteiger partial charge on any atom is 0.295 e. The molecule has 1 aliphatic heterocycles. The van der Waals surface area contributed by atoms with Gasteiger partial charge < -0.3 is 19.7 Å². The van der Waals surface area contributed by atoms with Gasteiger partial charge in [-0.3, -0.25) is 4.79 Å². The number of aliphatic hydroxyl groups is 1. The fourth-order valence-corrected chi connectivity index (χ4v) is 5.64. The van der Waals surface area contributed by atoms with Gasteiger partial charge in [0.25, 0.3) is 6.01 Å². The van der Waals surface area contributed by atoms with Gasteiger partial charge in [-0.15, -0.1) is 0 Å². The molecule has 3 aliphatic rings. The molecule has 2 heterocycles. The van der Waals surface area contributed by atoms with E-state index >= 15 is 0 Å². The number of rotatable bonds is 6. The Morgan fingerprint density at radius 2 is 2.09 bits per heavy atom. The molecule has 6 nitrogen and oxygen atoms in total. The number of anilines is 1. The summed E-state index contributed by atoms with van der Waals surface area (Å²) in [5.74, 6) is 1.14. The van der Waals surface area contributed by atoms with Gasteiger partial charge in [-0.05, 0) is 66.5 Å².